The average molecular weight is 275 g/mol. The molecule has 0 aromatic carbocycles. The standard InChI is InChI=1S/C15H31O4/c1-3-4-5-6-7-8-9-17-12-13-19-15-14-18-11-10-16-2/h2-15H2,1H3/q+1. The van der Waals surface area contributed by atoms with Crippen LogP contribution in [0.5, 0.6) is 0 Å². The highest BCUT2D eigenvalue weighted by Crippen LogP contribution is 2.04. The van der Waals surface area contributed by atoms with Gasteiger partial charge in [0.1, 0.15) is 6.61 Å². The van der Waals surface area contributed by atoms with Gasteiger partial charge in [0.2, 0.25) is 7.11 Å². The summed E-state index contributed by atoms with van der Waals surface area (Å²) < 4.78 is 20.7. The molecule has 0 saturated carbocycles. The summed E-state index contributed by atoms with van der Waals surface area (Å²) in [4.78, 5) is 0. The van der Waals surface area contributed by atoms with Crippen LogP contribution in [-0.4, -0.2) is 46.2 Å². The molecular weight excluding hydrogens is 244 g/mol. The zero-order chi connectivity index (χ0) is 14.0. The minimum atomic E-state index is 0.529. The van der Waals surface area contributed by atoms with Crippen LogP contribution in [0, 0.1) is 7.11 Å². The number of hydrogen-bond donors (Lipinski definition) is 0. The van der Waals surface area contributed by atoms with Gasteiger partial charge in [-0.1, -0.05) is 39.0 Å². The number of unbranched alkanes of at least 4 members (excludes halogenated alkanes) is 5. The van der Waals surface area contributed by atoms with Crippen LogP contribution < -0.4 is 0 Å². The Morgan fingerprint density at radius 3 is 1.63 bits per heavy atom. The molecule has 0 aliphatic heterocycles. The van der Waals surface area contributed by atoms with E-state index < -0.39 is 0 Å². The maximum Gasteiger partial charge on any atom is 0.213 e. The third-order valence-corrected chi connectivity index (χ3v) is 2.76. The Labute approximate surface area is 118 Å². The molecule has 0 bridgehead atoms. The average Bonchev–Trinajstić information content (AvgIpc) is 2.43. The molecule has 0 aromatic heterocycles. The Bertz CT molecular complexity index is 137. The second-order valence-electron chi connectivity index (χ2n) is 4.51. The Hall–Kier alpha value is -0.290. The van der Waals surface area contributed by atoms with Crippen molar-refractivity contribution < 1.29 is 18.9 Å². The summed E-state index contributed by atoms with van der Waals surface area (Å²) in [5, 5.41) is 0. The van der Waals surface area contributed by atoms with Gasteiger partial charge in [0.15, 0.2) is 0 Å². The lowest BCUT2D eigenvalue weighted by Gasteiger charge is -2.06. The molecule has 0 heterocycles. The fraction of sp³-hybridized carbons (Fsp3) is 0.933. The maximum atomic E-state index is 5.49. The topological polar surface area (TPSA) is 36.9 Å². The van der Waals surface area contributed by atoms with Crippen molar-refractivity contribution >= 4 is 0 Å². The fourth-order valence-electron chi connectivity index (χ4n) is 1.64. The van der Waals surface area contributed by atoms with E-state index in [0.29, 0.717) is 39.6 Å². The monoisotopic (exact) mass is 275 g/mol. The number of ether oxygens (including phenoxy) is 4. The first-order valence-corrected chi connectivity index (χ1v) is 7.52. The van der Waals surface area contributed by atoms with Crippen LogP contribution in [-0.2, 0) is 18.9 Å². The van der Waals surface area contributed by atoms with Crippen molar-refractivity contribution in [3.63, 3.8) is 0 Å². The summed E-state index contributed by atoms with van der Waals surface area (Å²) in [5.41, 5.74) is 0. The molecule has 4 nitrogen and oxygen atoms in total. The molecular formula is C15H31O4+. The third kappa shape index (κ3) is 17.7. The molecule has 4 heteroatoms. The molecule has 0 atom stereocenters. The molecule has 19 heavy (non-hydrogen) atoms. The van der Waals surface area contributed by atoms with Gasteiger partial charge in [0.05, 0.1) is 33.0 Å². The number of rotatable bonds is 16. The quantitative estimate of drug-likeness (QED) is 0.320. The first-order valence-electron chi connectivity index (χ1n) is 7.52. The highest BCUT2D eigenvalue weighted by Gasteiger charge is 1.93. The second kappa shape index (κ2) is 17.7. The first-order chi connectivity index (χ1) is 9.41. The van der Waals surface area contributed by atoms with E-state index in [1.165, 1.54) is 32.1 Å². The zero-order valence-electron chi connectivity index (χ0n) is 12.5. The van der Waals surface area contributed by atoms with Gasteiger partial charge in [-0.05, 0) is 6.42 Å². The fourth-order valence-corrected chi connectivity index (χ4v) is 1.64. The minimum Gasteiger partial charge on any atom is -0.379 e. The minimum absolute atomic E-state index is 0.529. The van der Waals surface area contributed by atoms with Gasteiger partial charge >= 0.3 is 0 Å². The predicted molar refractivity (Wildman–Crippen MR) is 77.1 cm³/mol. The van der Waals surface area contributed by atoms with Crippen molar-refractivity contribution in [2.45, 2.75) is 45.4 Å². The molecule has 0 spiro atoms. The lowest BCUT2D eigenvalue weighted by molar-refractivity contribution is 0.00566. The van der Waals surface area contributed by atoms with E-state index in [2.05, 4.69) is 18.8 Å². The lowest BCUT2D eigenvalue weighted by atomic mass is 10.1. The molecule has 0 aromatic rings. The van der Waals surface area contributed by atoms with Crippen LogP contribution in [0.1, 0.15) is 45.4 Å². The van der Waals surface area contributed by atoms with Gasteiger partial charge in [0.25, 0.3) is 0 Å². The van der Waals surface area contributed by atoms with E-state index in [9.17, 15) is 0 Å². The van der Waals surface area contributed by atoms with Crippen LogP contribution in [0.2, 0.25) is 0 Å². The van der Waals surface area contributed by atoms with E-state index in [-0.39, 0.29) is 0 Å². The van der Waals surface area contributed by atoms with E-state index in [1.54, 1.807) is 0 Å². The van der Waals surface area contributed by atoms with Crippen LogP contribution in [0.15, 0.2) is 0 Å². The van der Waals surface area contributed by atoms with Crippen LogP contribution in [0.3, 0.4) is 0 Å². The number of hydrogen-bond acceptors (Lipinski definition) is 4. The van der Waals surface area contributed by atoms with E-state index in [1.807, 2.05) is 0 Å². The van der Waals surface area contributed by atoms with Crippen molar-refractivity contribution in [1.29, 1.82) is 0 Å². The smallest absolute Gasteiger partial charge is 0.213 e. The predicted octanol–water partition coefficient (Wildman–Crippen LogP) is 3.20. The highest BCUT2D eigenvalue weighted by atomic mass is 16.6. The van der Waals surface area contributed by atoms with Crippen LogP contribution in [0.4, 0.5) is 0 Å². The van der Waals surface area contributed by atoms with E-state index in [0.717, 1.165) is 13.0 Å². The van der Waals surface area contributed by atoms with Gasteiger partial charge < -0.3 is 14.2 Å². The summed E-state index contributed by atoms with van der Waals surface area (Å²) in [6.07, 6.45) is 7.80. The molecule has 0 aliphatic carbocycles. The van der Waals surface area contributed by atoms with E-state index in [4.69, 9.17) is 14.2 Å². The third-order valence-electron chi connectivity index (χ3n) is 2.76. The molecule has 0 fully saturated rings. The highest BCUT2D eigenvalue weighted by molar-refractivity contribution is 4.43. The van der Waals surface area contributed by atoms with E-state index >= 15 is 0 Å². The maximum absolute atomic E-state index is 5.49. The summed E-state index contributed by atoms with van der Waals surface area (Å²) >= 11 is 0. The molecule has 0 unspecified atom stereocenters. The normalized spacial score (nSPS) is 11.0. The molecule has 0 saturated heterocycles. The van der Waals surface area contributed by atoms with Crippen LogP contribution >= 0.6 is 0 Å². The van der Waals surface area contributed by atoms with Gasteiger partial charge in [-0.3, -0.25) is 0 Å². The summed E-state index contributed by atoms with van der Waals surface area (Å²) in [6, 6.07) is 0. The lowest BCUT2D eigenvalue weighted by Crippen LogP contribution is -2.11. The van der Waals surface area contributed by atoms with Crippen molar-refractivity contribution in [3.05, 3.63) is 7.11 Å². The molecule has 0 rings (SSSR count). The molecule has 0 radical (unpaired) electrons. The van der Waals surface area contributed by atoms with Crippen molar-refractivity contribution in [2.24, 2.45) is 0 Å². The summed E-state index contributed by atoms with van der Waals surface area (Å²) in [5.74, 6) is 0. The Balaban J connectivity index is 2.88. The van der Waals surface area contributed by atoms with Gasteiger partial charge in [-0.15, -0.1) is 0 Å². The van der Waals surface area contributed by atoms with Crippen molar-refractivity contribution in [3.8, 4) is 0 Å². The Morgan fingerprint density at radius 1 is 0.579 bits per heavy atom. The molecule has 114 valence electrons. The molecule has 0 N–H and O–H groups in total. The van der Waals surface area contributed by atoms with Crippen molar-refractivity contribution in [1.82, 2.24) is 0 Å². The van der Waals surface area contributed by atoms with Gasteiger partial charge in [0, 0.05) is 6.61 Å². The van der Waals surface area contributed by atoms with Crippen molar-refractivity contribution in [2.75, 3.05) is 46.2 Å². The second-order valence-corrected chi connectivity index (χ2v) is 4.51. The summed E-state index contributed by atoms with van der Waals surface area (Å²) in [6.45, 7) is 6.72. The zero-order valence-corrected chi connectivity index (χ0v) is 12.5. The Kier molecular flexibility index (Phi) is 17.4. The summed E-state index contributed by atoms with van der Waals surface area (Å²) in [7, 11) is 3.26. The van der Waals surface area contributed by atoms with Gasteiger partial charge in [-0.2, -0.15) is 4.74 Å². The first kappa shape index (κ1) is 18.7. The SMILES string of the molecule is [CH2+]OCCOCCOCCOCCCCCCCC. The largest absolute Gasteiger partial charge is 0.379 e. The van der Waals surface area contributed by atoms with Gasteiger partial charge in [-0.25, -0.2) is 0 Å². The molecule has 0 amide bonds. The molecule has 0 aliphatic rings. The Morgan fingerprint density at radius 2 is 1.05 bits per heavy atom. The van der Waals surface area contributed by atoms with Crippen LogP contribution in [0.25, 0.3) is 0 Å².